The van der Waals surface area contributed by atoms with Crippen molar-refractivity contribution in [2.24, 2.45) is 0 Å². The Labute approximate surface area is 166 Å². The average Bonchev–Trinajstić information content (AvgIpc) is 2.68. The van der Waals surface area contributed by atoms with E-state index in [9.17, 15) is 19.6 Å². The van der Waals surface area contributed by atoms with Gasteiger partial charge in [-0.2, -0.15) is 0 Å². The quantitative estimate of drug-likeness (QED) is 0.575. The summed E-state index contributed by atoms with van der Waals surface area (Å²) in [6, 6.07) is 16.6. The molecule has 0 saturated heterocycles. The Hall–Kier alpha value is -2.64. The van der Waals surface area contributed by atoms with Crippen molar-refractivity contribution in [1.82, 2.24) is 10.2 Å². The second kappa shape index (κ2) is 10.6. The summed E-state index contributed by atoms with van der Waals surface area (Å²) in [7, 11) is -1.67. The molecular weight excluding hydrogens is 355 g/mol. The second-order valence-electron chi connectivity index (χ2n) is 6.78. The van der Waals surface area contributed by atoms with E-state index >= 15 is 0 Å². The molecule has 7 heteroatoms. The molecule has 1 unspecified atom stereocenters. The van der Waals surface area contributed by atoms with Crippen LogP contribution in [-0.2, 0) is 11.2 Å². The van der Waals surface area contributed by atoms with Gasteiger partial charge in [0.05, 0.1) is 5.94 Å². The lowest BCUT2D eigenvalue weighted by Gasteiger charge is -2.22. The number of carbonyl (C=O) groups excluding carboxylic acids is 2. The molecule has 2 aromatic carbocycles. The fraction of sp³-hybridized carbons (Fsp3) is 0.333. The number of aryl methyl sites for hydroxylation is 1. The Balaban J connectivity index is 1.92. The Morgan fingerprint density at radius 2 is 1.82 bits per heavy atom. The van der Waals surface area contributed by atoms with E-state index in [1.165, 1.54) is 0 Å². The topological polar surface area (TPSA) is 89.9 Å². The third-order valence-electron chi connectivity index (χ3n) is 4.55. The zero-order valence-corrected chi connectivity index (χ0v) is 16.3. The predicted octanol–water partition coefficient (Wildman–Crippen LogP) is 1.59. The lowest BCUT2D eigenvalue weighted by atomic mass is 9.76. The van der Waals surface area contributed by atoms with E-state index in [1.54, 1.807) is 11.0 Å². The van der Waals surface area contributed by atoms with Gasteiger partial charge in [0.25, 0.3) is 5.91 Å². The number of amides is 2. The van der Waals surface area contributed by atoms with Crippen LogP contribution in [0.1, 0.15) is 34.8 Å². The highest BCUT2D eigenvalue weighted by atomic mass is 16.4. The van der Waals surface area contributed by atoms with Crippen molar-refractivity contribution in [3.05, 3.63) is 71.3 Å². The number of nitrogens with one attached hydrogen (secondary N) is 1. The fourth-order valence-corrected chi connectivity index (χ4v) is 2.98. The second-order valence-corrected chi connectivity index (χ2v) is 6.78. The summed E-state index contributed by atoms with van der Waals surface area (Å²) in [5.41, 5.74) is 2.49. The van der Waals surface area contributed by atoms with Gasteiger partial charge in [-0.1, -0.05) is 48.0 Å². The fourth-order valence-electron chi connectivity index (χ4n) is 2.98. The molecule has 0 aliphatic carbocycles. The summed E-state index contributed by atoms with van der Waals surface area (Å²) in [4.78, 5) is 26.5. The van der Waals surface area contributed by atoms with Crippen LogP contribution in [0.15, 0.2) is 54.6 Å². The molecule has 1 atom stereocenters. The molecule has 2 rings (SSSR count). The molecule has 0 fully saturated rings. The average molecular weight is 382 g/mol. The van der Waals surface area contributed by atoms with E-state index in [2.05, 4.69) is 5.32 Å². The van der Waals surface area contributed by atoms with Crippen LogP contribution in [0.4, 0.5) is 0 Å². The van der Waals surface area contributed by atoms with E-state index in [-0.39, 0.29) is 24.8 Å². The van der Waals surface area contributed by atoms with Gasteiger partial charge in [-0.15, -0.1) is 0 Å². The molecule has 0 heterocycles. The molecule has 148 valence electrons. The molecule has 2 aromatic rings. The molecule has 0 radical (unpaired) electrons. The SMILES string of the molecule is CCN(CCC(=O)NC(Cc1ccccc1)B(O)O)C(=O)c1cccc(C)c1. The van der Waals surface area contributed by atoms with Gasteiger partial charge in [0.1, 0.15) is 0 Å². The summed E-state index contributed by atoms with van der Waals surface area (Å²) < 4.78 is 0. The number of carbonyl (C=O) groups is 2. The minimum absolute atomic E-state index is 0.0867. The van der Waals surface area contributed by atoms with Crippen LogP contribution in [0.25, 0.3) is 0 Å². The molecule has 0 aromatic heterocycles. The minimum atomic E-state index is -1.67. The maximum absolute atomic E-state index is 12.6. The first kappa shape index (κ1) is 21.7. The smallest absolute Gasteiger partial charge is 0.426 e. The highest BCUT2D eigenvalue weighted by Crippen LogP contribution is 2.09. The normalized spacial score (nSPS) is 11.6. The van der Waals surface area contributed by atoms with Crippen LogP contribution in [0, 0.1) is 6.92 Å². The molecule has 0 bridgehead atoms. The molecule has 2 amide bonds. The van der Waals surface area contributed by atoms with Crippen molar-refractivity contribution in [2.75, 3.05) is 13.1 Å². The summed E-state index contributed by atoms with van der Waals surface area (Å²) in [6.07, 6.45) is 0.396. The van der Waals surface area contributed by atoms with Crippen molar-refractivity contribution in [3.8, 4) is 0 Å². The standard InChI is InChI=1S/C21H27BN2O4/c1-3-24(21(26)18-11-7-8-16(2)14-18)13-12-20(25)23-19(22(27)28)15-17-9-5-4-6-10-17/h4-11,14,19,27-28H,3,12-13,15H2,1-2H3,(H,23,25). The number of hydrogen-bond donors (Lipinski definition) is 3. The lowest BCUT2D eigenvalue weighted by molar-refractivity contribution is -0.121. The predicted molar refractivity (Wildman–Crippen MR) is 110 cm³/mol. The van der Waals surface area contributed by atoms with Gasteiger partial charge in [-0.25, -0.2) is 0 Å². The molecule has 0 spiro atoms. The van der Waals surface area contributed by atoms with Gasteiger partial charge in [-0.3, -0.25) is 9.59 Å². The van der Waals surface area contributed by atoms with Crippen molar-refractivity contribution >= 4 is 18.9 Å². The number of benzene rings is 2. The lowest BCUT2D eigenvalue weighted by Crippen LogP contribution is -2.48. The van der Waals surface area contributed by atoms with Gasteiger partial charge < -0.3 is 20.3 Å². The van der Waals surface area contributed by atoms with E-state index < -0.39 is 13.1 Å². The Morgan fingerprint density at radius 1 is 1.11 bits per heavy atom. The zero-order chi connectivity index (χ0) is 20.5. The Kier molecular flexibility index (Phi) is 8.23. The number of nitrogens with zero attached hydrogens (tertiary/aromatic N) is 1. The summed E-state index contributed by atoms with van der Waals surface area (Å²) in [5.74, 6) is -1.26. The van der Waals surface area contributed by atoms with Crippen LogP contribution in [0.5, 0.6) is 0 Å². The molecule has 0 aliphatic rings. The Bertz CT molecular complexity index is 783. The van der Waals surface area contributed by atoms with Crippen molar-refractivity contribution < 1.29 is 19.6 Å². The molecule has 6 nitrogen and oxygen atoms in total. The summed E-state index contributed by atoms with van der Waals surface area (Å²) in [6.45, 7) is 4.53. The molecule has 0 aliphatic heterocycles. The van der Waals surface area contributed by atoms with E-state index in [0.717, 1.165) is 11.1 Å². The maximum atomic E-state index is 12.6. The maximum Gasteiger partial charge on any atom is 0.475 e. The van der Waals surface area contributed by atoms with E-state index in [1.807, 2.05) is 62.4 Å². The first-order chi connectivity index (χ1) is 13.4. The van der Waals surface area contributed by atoms with Crippen molar-refractivity contribution in [1.29, 1.82) is 0 Å². The van der Waals surface area contributed by atoms with Gasteiger partial charge in [0.2, 0.25) is 5.91 Å². The molecule has 28 heavy (non-hydrogen) atoms. The van der Waals surface area contributed by atoms with Crippen LogP contribution >= 0.6 is 0 Å². The highest BCUT2D eigenvalue weighted by Gasteiger charge is 2.26. The Morgan fingerprint density at radius 3 is 2.43 bits per heavy atom. The zero-order valence-electron chi connectivity index (χ0n) is 16.3. The molecule has 3 N–H and O–H groups in total. The van der Waals surface area contributed by atoms with Crippen LogP contribution in [0.2, 0.25) is 0 Å². The molecular formula is C21H27BN2O4. The van der Waals surface area contributed by atoms with Gasteiger partial charge in [0.15, 0.2) is 0 Å². The monoisotopic (exact) mass is 382 g/mol. The minimum Gasteiger partial charge on any atom is -0.426 e. The summed E-state index contributed by atoms with van der Waals surface area (Å²) >= 11 is 0. The van der Waals surface area contributed by atoms with E-state index in [0.29, 0.717) is 18.5 Å². The van der Waals surface area contributed by atoms with Gasteiger partial charge in [0, 0.05) is 25.1 Å². The summed E-state index contributed by atoms with van der Waals surface area (Å²) in [5, 5.41) is 21.8. The number of rotatable bonds is 9. The third kappa shape index (κ3) is 6.51. The van der Waals surface area contributed by atoms with Crippen molar-refractivity contribution in [2.45, 2.75) is 32.6 Å². The van der Waals surface area contributed by atoms with E-state index in [4.69, 9.17) is 0 Å². The van der Waals surface area contributed by atoms with Crippen LogP contribution in [0.3, 0.4) is 0 Å². The van der Waals surface area contributed by atoms with Crippen molar-refractivity contribution in [3.63, 3.8) is 0 Å². The first-order valence-corrected chi connectivity index (χ1v) is 9.46. The van der Waals surface area contributed by atoms with Gasteiger partial charge in [-0.05, 0) is 38.0 Å². The molecule has 0 saturated carbocycles. The largest absolute Gasteiger partial charge is 0.475 e. The highest BCUT2D eigenvalue weighted by molar-refractivity contribution is 6.43. The van der Waals surface area contributed by atoms with Gasteiger partial charge >= 0.3 is 7.12 Å². The first-order valence-electron chi connectivity index (χ1n) is 9.46. The van der Waals surface area contributed by atoms with Crippen LogP contribution < -0.4 is 5.32 Å². The van der Waals surface area contributed by atoms with Crippen LogP contribution in [-0.4, -0.2) is 52.9 Å². The third-order valence-corrected chi connectivity index (χ3v) is 4.55. The number of hydrogen-bond acceptors (Lipinski definition) is 4.